The van der Waals surface area contributed by atoms with E-state index in [1.54, 1.807) is 25.0 Å². The largest absolute Gasteiger partial charge is 0.347 e. The van der Waals surface area contributed by atoms with Crippen LogP contribution in [0.5, 0.6) is 0 Å². The standard InChI is InChI=1S/C21H22ClN5O2S/c1-14-9-10-16(11-17(14)22)27-13-23-25-21(27)30-12-18(28)24-19(20(29)26(2)3)15-7-5-4-6-8-15/h4-11,13,19H,12H2,1-3H3,(H,24,28)/t19-/m1/s1. The summed E-state index contributed by atoms with van der Waals surface area (Å²) in [7, 11) is 3.32. The lowest BCUT2D eigenvalue weighted by Crippen LogP contribution is -2.40. The van der Waals surface area contributed by atoms with Crippen LogP contribution < -0.4 is 5.32 Å². The number of nitrogens with zero attached hydrogens (tertiary/aromatic N) is 4. The van der Waals surface area contributed by atoms with E-state index in [-0.39, 0.29) is 17.6 Å². The van der Waals surface area contributed by atoms with Gasteiger partial charge < -0.3 is 10.2 Å². The van der Waals surface area contributed by atoms with Crippen LogP contribution in [-0.2, 0) is 9.59 Å². The second-order valence-electron chi connectivity index (χ2n) is 6.85. The molecule has 0 aliphatic carbocycles. The van der Waals surface area contributed by atoms with E-state index in [4.69, 9.17) is 11.6 Å². The van der Waals surface area contributed by atoms with E-state index < -0.39 is 6.04 Å². The van der Waals surface area contributed by atoms with E-state index in [9.17, 15) is 9.59 Å². The van der Waals surface area contributed by atoms with Crippen LogP contribution in [0, 0.1) is 6.92 Å². The third-order valence-electron chi connectivity index (χ3n) is 4.41. The van der Waals surface area contributed by atoms with Gasteiger partial charge in [-0.1, -0.05) is 59.8 Å². The van der Waals surface area contributed by atoms with Gasteiger partial charge in [-0.25, -0.2) is 0 Å². The number of halogens is 1. The van der Waals surface area contributed by atoms with Gasteiger partial charge in [-0.15, -0.1) is 10.2 Å². The van der Waals surface area contributed by atoms with Gasteiger partial charge in [0.2, 0.25) is 11.8 Å². The molecule has 2 aromatic carbocycles. The average Bonchev–Trinajstić information content (AvgIpc) is 3.21. The Labute approximate surface area is 184 Å². The van der Waals surface area contributed by atoms with Crippen molar-refractivity contribution in [1.29, 1.82) is 0 Å². The molecule has 1 N–H and O–H groups in total. The molecule has 3 aromatic rings. The molecule has 0 spiro atoms. The van der Waals surface area contributed by atoms with Crippen LogP contribution in [-0.4, -0.2) is 51.3 Å². The van der Waals surface area contributed by atoms with E-state index in [1.165, 1.54) is 16.7 Å². The highest BCUT2D eigenvalue weighted by Gasteiger charge is 2.24. The zero-order chi connectivity index (χ0) is 21.7. The normalized spacial score (nSPS) is 11.7. The summed E-state index contributed by atoms with van der Waals surface area (Å²) in [6.45, 7) is 1.93. The summed E-state index contributed by atoms with van der Waals surface area (Å²) in [5.41, 5.74) is 2.51. The van der Waals surface area contributed by atoms with Gasteiger partial charge in [0.25, 0.3) is 0 Å². The molecule has 0 saturated heterocycles. The van der Waals surface area contributed by atoms with Crippen LogP contribution in [0.2, 0.25) is 5.02 Å². The molecule has 9 heteroatoms. The summed E-state index contributed by atoms with van der Waals surface area (Å²) < 4.78 is 1.77. The third kappa shape index (κ3) is 5.20. The van der Waals surface area contributed by atoms with Crippen molar-refractivity contribution in [3.05, 3.63) is 71.0 Å². The predicted octanol–water partition coefficient (Wildman–Crippen LogP) is 3.27. The Morgan fingerprint density at radius 3 is 2.60 bits per heavy atom. The van der Waals surface area contributed by atoms with Crippen molar-refractivity contribution in [2.75, 3.05) is 19.8 Å². The van der Waals surface area contributed by atoms with E-state index in [0.29, 0.717) is 10.2 Å². The molecule has 0 radical (unpaired) electrons. The number of hydrogen-bond donors (Lipinski definition) is 1. The molecule has 0 fully saturated rings. The summed E-state index contributed by atoms with van der Waals surface area (Å²) >= 11 is 7.45. The molecule has 30 heavy (non-hydrogen) atoms. The number of hydrogen-bond acceptors (Lipinski definition) is 5. The first kappa shape index (κ1) is 21.9. The number of thioether (sulfide) groups is 1. The van der Waals surface area contributed by atoms with E-state index in [2.05, 4.69) is 15.5 Å². The van der Waals surface area contributed by atoms with Crippen LogP contribution in [0.4, 0.5) is 0 Å². The van der Waals surface area contributed by atoms with Crippen molar-refractivity contribution >= 4 is 35.2 Å². The lowest BCUT2D eigenvalue weighted by molar-refractivity contribution is -0.134. The second kappa shape index (κ2) is 9.77. The fourth-order valence-corrected chi connectivity index (χ4v) is 3.67. The Balaban J connectivity index is 1.70. The Morgan fingerprint density at radius 1 is 1.20 bits per heavy atom. The predicted molar refractivity (Wildman–Crippen MR) is 118 cm³/mol. The molecule has 1 atom stereocenters. The number of nitrogens with one attached hydrogen (secondary N) is 1. The molecule has 0 bridgehead atoms. The number of carbonyl (C=O) groups is 2. The van der Waals surface area contributed by atoms with Crippen molar-refractivity contribution < 1.29 is 9.59 Å². The zero-order valence-electron chi connectivity index (χ0n) is 16.9. The highest BCUT2D eigenvalue weighted by Crippen LogP contribution is 2.24. The van der Waals surface area contributed by atoms with Gasteiger partial charge in [0, 0.05) is 19.1 Å². The summed E-state index contributed by atoms with van der Waals surface area (Å²) in [4.78, 5) is 26.7. The van der Waals surface area contributed by atoms with Crippen molar-refractivity contribution in [3.63, 3.8) is 0 Å². The highest BCUT2D eigenvalue weighted by atomic mass is 35.5. The Bertz CT molecular complexity index is 1040. The maximum atomic E-state index is 12.6. The molecule has 1 aromatic heterocycles. The quantitative estimate of drug-likeness (QED) is 0.567. The van der Waals surface area contributed by atoms with Crippen LogP contribution in [0.1, 0.15) is 17.2 Å². The number of aryl methyl sites for hydroxylation is 1. The van der Waals surface area contributed by atoms with Crippen molar-refractivity contribution in [1.82, 2.24) is 25.0 Å². The maximum absolute atomic E-state index is 12.6. The molecular formula is C21H22ClN5O2S. The zero-order valence-corrected chi connectivity index (χ0v) is 18.4. The van der Waals surface area contributed by atoms with Crippen LogP contribution in [0.15, 0.2) is 60.0 Å². The van der Waals surface area contributed by atoms with Gasteiger partial charge in [0.15, 0.2) is 5.16 Å². The number of benzene rings is 2. The number of likely N-dealkylation sites (N-methyl/N-ethyl adjacent to an activating group) is 1. The van der Waals surface area contributed by atoms with Crippen molar-refractivity contribution in [2.24, 2.45) is 0 Å². The lowest BCUT2D eigenvalue weighted by Gasteiger charge is -2.22. The minimum Gasteiger partial charge on any atom is -0.347 e. The number of aromatic nitrogens is 3. The fourth-order valence-electron chi connectivity index (χ4n) is 2.76. The molecule has 3 rings (SSSR count). The van der Waals surface area contributed by atoms with Crippen LogP contribution >= 0.6 is 23.4 Å². The Morgan fingerprint density at radius 2 is 1.93 bits per heavy atom. The van der Waals surface area contributed by atoms with E-state index in [0.717, 1.165) is 16.8 Å². The molecule has 0 aliphatic heterocycles. The van der Waals surface area contributed by atoms with Crippen molar-refractivity contribution in [3.8, 4) is 5.69 Å². The topological polar surface area (TPSA) is 80.1 Å². The highest BCUT2D eigenvalue weighted by molar-refractivity contribution is 7.99. The molecule has 0 unspecified atom stereocenters. The molecular weight excluding hydrogens is 422 g/mol. The molecule has 7 nitrogen and oxygen atoms in total. The number of amides is 2. The summed E-state index contributed by atoms with van der Waals surface area (Å²) in [6, 6.07) is 14.1. The molecule has 156 valence electrons. The van der Waals surface area contributed by atoms with Gasteiger partial charge in [0.05, 0.1) is 11.4 Å². The smallest absolute Gasteiger partial charge is 0.249 e. The van der Waals surface area contributed by atoms with E-state index >= 15 is 0 Å². The maximum Gasteiger partial charge on any atom is 0.249 e. The summed E-state index contributed by atoms with van der Waals surface area (Å²) in [5, 5.41) is 12.1. The monoisotopic (exact) mass is 443 g/mol. The van der Waals surface area contributed by atoms with Crippen LogP contribution in [0.3, 0.4) is 0 Å². The fraction of sp³-hybridized carbons (Fsp3) is 0.238. The first-order valence-corrected chi connectivity index (χ1v) is 10.6. The molecule has 0 aliphatic rings. The van der Waals surface area contributed by atoms with Gasteiger partial charge in [-0.2, -0.15) is 0 Å². The second-order valence-corrected chi connectivity index (χ2v) is 8.20. The first-order chi connectivity index (χ1) is 14.4. The Hall–Kier alpha value is -2.84. The minimum atomic E-state index is -0.747. The van der Waals surface area contributed by atoms with Gasteiger partial charge >= 0.3 is 0 Å². The van der Waals surface area contributed by atoms with Gasteiger partial charge in [-0.3, -0.25) is 14.2 Å². The number of rotatable bonds is 7. The third-order valence-corrected chi connectivity index (χ3v) is 5.76. The van der Waals surface area contributed by atoms with Gasteiger partial charge in [0.1, 0.15) is 12.4 Å². The average molecular weight is 444 g/mol. The summed E-state index contributed by atoms with van der Waals surface area (Å²) in [6.07, 6.45) is 1.57. The van der Waals surface area contributed by atoms with E-state index in [1.807, 2.05) is 55.5 Å². The summed E-state index contributed by atoms with van der Waals surface area (Å²) in [5.74, 6) is -0.389. The number of carbonyl (C=O) groups excluding carboxylic acids is 2. The Kier molecular flexibility index (Phi) is 7.12. The SMILES string of the molecule is Cc1ccc(-n2cnnc2SCC(=O)N[C@@H](C(=O)N(C)C)c2ccccc2)cc1Cl. The van der Waals surface area contributed by atoms with Gasteiger partial charge in [-0.05, 0) is 30.2 Å². The molecule has 0 saturated carbocycles. The molecule has 2 amide bonds. The van der Waals surface area contributed by atoms with Crippen molar-refractivity contribution in [2.45, 2.75) is 18.1 Å². The molecule has 1 heterocycles. The first-order valence-electron chi connectivity index (χ1n) is 9.21. The lowest BCUT2D eigenvalue weighted by atomic mass is 10.1. The minimum absolute atomic E-state index is 0.0856. The van der Waals surface area contributed by atoms with Crippen LogP contribution in [0.25, 0.3) is 5.69 Å².